The molecule has 112 valence electrons. The summed E-state index contributed by atoms with van der Waals surface area (Å²) in [6, 6.07) is 11.3. The highest BCUT2D eigenvalue weighted by Gasteiger charge is 2.16. The lowest BCUT2D eigenvalue weighted by atomic mass is 9.88. The lowest BCUT2D eigenvalue weighted by molar-refractivity contribution is 0.460. The van der Waals surface area contributed by atoms with Crippen molar-refractivity contribution < 1.29 is 10.2 Å². The zero-order valence-electron chi connectivity index (χ0n) is 13.2. The summed E-state index contributed by atoms with van der Waals surface area (Å²) in [7, 11) is 0. The fraction of sp³-hybridized carbons (Fsp3) is 0.368. The zero-order valence-corrected chi connectivity index (χ0v) is 13.2. The van der Waals surface area contributed by atoms with E-state index in [4.69, 9.17) is 0 Å². The highest BCUT2D eigenvalue weighted by molar-refractivity contribution is 5.49. The van der Waals surface area contributed by atoms with E-state index >= 15 is 0 Å². The normalized spacial score (nSPS) is 11.3. The lowest BCUT2D eigenvalue weighted by Gasteiger charge is -2.18. The molecule has 2 heteroatoms. The van der Waals surface area contributed by atoms with Crippen molar-refractivity contribution in [3.05, 3.63) is 58.7 Å². The van der Waals surface area contributed by atoms with Crippen LogP contribution in [0.2, 0.25) is 0 Å². The van der Waals surface area contributed by atoms with Crippen molar-refractivity contribution in [1.82, 2.24) is 0 Å². The van der Waals surface area contributed by atoms with Crippen LogP contribution in [0.25, 0.3) is 0 Å². The van der Waals surface area contributed by atoms with Gasteiger partial charge < -0.3 is 10.2 Å². The Morgan fingerprint density at radius 2 is 1.10 bits per heavy atom. The van der Waals surface area contributed by atoms with Crippen LogP contribution in [0.3, 0.4) is 0 Å². The smallest absolute Gasteiger partial charge is 0.119 e. The summed E-state index contributed by atoms with van der Waals surface area (Å²) in [4.78, 5) is 0. The third-order valence-corrected chi connectivity index (χ3v) is 3.97. The summed E-state index contributed by atoms with van der Waals surface area (Å²) in [5, 5.41) is 20.5. The maximum absolute atomic E-state index is 10.2. The molecule has 0 saturated heterocycles. The topological polar surface area (TPSA) is 40.5 Å². The number of rotatable bonds is 4. The summed E-state index contributed by atoms with van der Waals surface area (Å²) in [6.45, 7) is 8.47. The van der Waals surface area contributed by atoms with E-state index in [-0.39, 0.29) is 0 Å². The lowest BCUT2D eigenvalue weighted by Crippen LogP contribution is -2.02. The second-order valence-corrected chi connectivity index (χ2v) is 6.18. The summed E-state index contributed by atoms with van der Waals surface area (Å²) in [5.41, 5.74) is 4.09. The SMILES string of the molecule is CC(C)c1cccc(O)c1Cc1c(O)cccc1C(C)C. The Balaban J connectivity index is 2.53. The number of hydrogen-bond acceptors (Lipinski definition) is 2. The van der Waals surface area contributed by atoms with Crippen molar-refractivity contribution in [2.24, 2.45) is 0 Å². The van der Waals surface area contributed by atoms with Gasteiger partial charge >= 0.3 is 0 Å². The average Bonchev–Trinajstić information content (AvgIpc) is 2.42. The number of aromatic hydroxyl groups is 2. The number of phenols is 2. The van der Waals surface area contributed by atoms with Gasteiger partial charge in [0.05, 0.1) is 0 Å². The fourth-order valence-electron chi connectivity index (χ4n) is 2.83. The molecule has 0 heterocycles. The molecule has 0 aliphatic carbocycles. The van der Waals surface area contributed by atoms with E-state index in [1.54, 1.807) is 12.1 Å². The maximum atomic E-state index is 10.2. The van der Waals surface area contributed by atoms with Crippen molar-refractivity contribution >= 4 is 0 Å². The monoisotopic (exact) mass is 284 g/mol. The molecule has 0 aliphatic rings. The second kappa shape index (κ2) is 6.21. The van der Waals surface area contributed by atoms with E-state index in [2.05, 4.69) is 39.8 Å². The molecule has 0 saturated carbocycles. The Bertz CT molecular complexity index is 572. The van der Waals surface area contributed by atoms with Crippen LogP contribution in [-0.4, -0.2) is 10.2 Å². The van der Waals surface area contributed by atoms with E-state index in [1.165, 1.54) is 0 Å². The molecule has 2 aromatic rings. The van der Waals surface area contributed by atoms with Gasteiger partial charge in [0.25, 0.3) is 0 Å². The molecule has 0 fully saturated rings. The minimum absolute atomic E-state index is 0.305. The number of hydrogen-bond donors (Lipinski definition) is 2. The number of benzene rings is 2. The van der Waals surface area contributed by atoms with Crippen LogP contribution in [0, 0.1) is 0 Å². The molecule has 2 N–H and O–H groups in total. The highest BCUT2D eigenvalue weighted by atomic mass is 16.3. The Hall–Kier alpha value is -1.96. The van der Waals surface area contributed by atoms with Crippen LogP contribution < -0.4 is 0 Å². The van der Waals surface area contributed by atoms with Crippen LogP contribution in [0.15, 0.2) is 36.4 Å². The van der Waals surface area contributed by atoms with Crippen molar-refractivity contribution in [2.45, 2.75) is 46.0 Å². The van der Waals surface area contributed by atoms with E-state index in [0.717, 1.165) is 22.3 Å². The van der Waals surface area contributed by atoms with Crippen LogP contribution in [0.1, 0.15) is 61.8 Å². The molecular weight excluding hydrogens is 260 g/mol. The minimum Gasteiger partial charge on any atom is -0.508 e. The third kappa shape index (κ3) is 3.21. The van der Waals surface area contributed by atoms with Crippen LogP contribution in [0.5, 0.6) is 11.5 Å². The first-order valence-electron chi connectivity index (χ1n) is 7.53. The Labute approximate surface area is 127 Å². The molecule has 0 spiro atoms. The van der Waals surface area contributed by atoms with Gasteiger partial charge in [-0.25, -0.2) is 0 Å². The third-order valence-electron chi connectivity index (χ3n) is 3.97. The van der Waals surface area contributed by atoms with Crippen LogP contribution in [-0.2, 0) is 6.42 Å². The first-order chi connectivity index (χ1) is 9.91. The van der Waals surface area contributed by atoms with Gasteiger partial charge in [-0.1, -0.05) is 52.0 Å². The molecule has 0 aliphatic heterocycles. The summed E-state index contributed by atoms with van der Waals surface area (Å²) in [5.74, 6) is 1.28. The molecule has 0 aromatic heterocycles. The molecule has 2 rings (SSSR count). The van der Waals surface area contributed by atoms with Crippen LogP contribution in [0.4, 0.5) is 0 Å². The fourth-order valence-corrected chi connectivity index (χ4v) is 2.83. The predicted molar refractivity (Wildman–Crippen MR) is 87.2 cm³/mol. The largest absolute Gasteiger partial charge is 0.508 e. The zero-order chi connectivity index (χ0) is 15.6. The molecule has 0 atom stereocenters. The van der Waals surface area contributed by atoms with Crippen molar-refractivity contribution in [3.63, 3.8) is 0 Å². The molecule has 0 bridgehead atoms. The molecule has 0 unspecified atom stereocenters. The first kappa shape index (κ1) is 15.4. The van der Waals surface area contributed by atoms with E-state index in [0.29, 0.717) is 29.8 Å². The molecular formula is C19H24O2. The highest BCUT2D eigenvalue weighted by Crippen LogP contribution is 2.34. The van der Waals surface area contributed by atoms with Crippen LogP contribution >= 0.6 is 0 Å². The molecule has 21 heavy (non-hydrogen) atoms. The van der Waals surface area contributed by atoms with Crippen molar-refractivity contribution in [1.29, 1.82) is 0 Å². The predicted octanol–water partition coefficient (Wildman–Crippen LogP) is 4.94. The average molecular weight is 284 g/mol. The van der Waals surface area contributed by atoms with E-state index < -0.39 is 0 Å². The Morgan fingerprint density at radius 1 is 0.714 bits per heavy atom. The molecule has 0 amide bonds. The van der Waals surface area contributed by atoms with Gasteiger partial charge in [-0.3, -0.25) is 0 Å². The van der Waals surface area contributed by atoms with Crippen molar-refractivity contribution in [2.75, 3.05) is 0 Å². The van der Waals surface area contributed by atoms with Crippen molar-refractivity contribution in [3.8, 4) is 11.5 Å². The summed E-state index contributed by atoms with van der Waals surface area (Å²) in [6.07, 6.45) is 0.556. The standard InChI is InChI=1S/C19H24O2/c1-12(2)14-7-5-9-18(20)16(14)11-17-15(13(3)4)8-6-10-19(17)21/h5-10,12-13,20-21H,11H2,1-4H3. The second-order valence-electron chi connectivity index (χ2n) is 6.18. The van der Waals surface area contributed by atoms with Gasteiger partial charge in [0.2, 0.25) is 0 Å². The van der Waals surface area contributed by atoms with E-state index in [1.807, 2.05) is 12.1 Å². The first-order valence-corrected chi connectivity index (χ1v) is 7.53. The number of phenolic OH excluding ortho intramolecular Hbond substituents is 2. The van der Waals surface area contributed by atoms with E-state index in [9.17, 15) is 10.2 Å². The van der Waals surface area contributed by atoms with Gasteiger partial charge in [-0.15, -0.1) is 0 Å². The van der Waals surface area contributed by atoms with Gasteiger partial charge in [0, 0.05) is 17.5 Å². The summed E-state index contributed by atoms with van der Waals surface area (Å²) >= 11 is 0. The quantitative estimate of drug-likeness (QED) is 0.835. The molecule has 2 nitrogen and oxygen atoms in total. The van der Waals surface area contributed by atoms with Gasteiger partial charge in [0.15, 0.2) is 0 Å². The minimum atomic E-state index is 0.305. The van der Waals surface area contributed by atoms with Gasteiger partial charge in [-0.2, -0.15) is 0 Å². The van der Waals surface area contributed by atoms with Gasteiger partial charge in [0.1, 0.15) is 11.5 Å². The molecule has 2 aromatic carbocycles. The van der Waals surface area contributed by atoms with Gasteiger partial charge in [-0.05, 0) is 35.1 Å². The Kier molecular flexibility index (Phi) is 4.56. The molecule has 0 radical (unpaired) electrons. The summed E-state index contributed by atoms with van der Waals surface area (Å²) < 4.78 is 0. The maximum Gasteiger partial charge on any atom is 0.119 e. The Morgan fingerprint density at radius 3 is 1.43 bits per heavy atom.